The van der Waals surface area contributed by atoms with Gasteiger partial charge in [0.1, 0.15) is 0 Å². The number of carbonyl (C=O) groups is 2. The molecular formula is C21H14F3NO3. The Hall–Kier alpha value is -3.61. The number of aromatic carboxylic acids is 1. The van der Waals surface area contributed by atoms with Crippen LogP contribution in [0, 0.1) is 0 Å². The Kier molecular flexibility index (Phi) is 5.17. The van der Waals surface area contributed by atoms with Gasteiger partial charge in [0.15, 0.2) is 0 Å². The van der Waals surface area contributed by atoms with E-state index < -0.39 is 23.6 Å². The maximum Gasteiger partial charge on any atom is 0.416 e. The zero-order valence-corrected chi connectivity index (χ0v) is 14.3. The fourth-order valence-electron chi connectivity index (χ4n) is 2.74. The van der Waals surface area contributed by atoms with E-state index in [0.29, 0.717) is 11.1 Å². The largest absolute Gasteiger partial charge is 0.478 e. The summed E-state index contributed by atoms with van der Waals surface area (Å²) in [6, 6.07) is 16.8. The molecule has 0 aliphatic rings. The molecule has 0 saturated heterocycles. The van der Waals surface area contributed by atoms with E-state index in [-0.39, 0.29) is 16.8 Å². The van der Waals surface area contributed by atoms with Crippen LogP contribution >= 0.6 is 0 Å². The molecule has 0 aliphatic carbocycles. The zero-order valence-electron chi connectivity index (χ0n) is 14.3. The number of anilines is 1. The van der Waals surface area contributed by atoms with Gasteiger partial charge in [-0.3, -0.25) is 4.79 Å². The van der Waals surface area contributed by atoms with E-state index in [1.807, 2.05) is 0 Å². The topological polar surface area (TPSA) is 66.4 Å². The number of carbonyl (C=O) groups excluding carboxylic acids is 1. The highest BCUT2D eigenvalue weighted by Gasteiger charge is 2.30. The van der Waals surface area contributed by atoms with Gasteiger partial charge in [-0.25, -0.2) is 4.79 Å². The number of alkyl halides is 3. The summed E-state index contributed by atoms with van der Waals surface area (Å²) in [6.45, 7) is 0. The van der Waals surface area contributed by atoms with Crippen molar-refractivity contribution in [3.05, 3.63) is 89.5 Å². The highest BCUT2D eigenvalue weighted by Crippen LogP contribution is 2.32. The molecule has 0 heterocycles. The first kappa shape index (κ1) is 19.2. The average molecular weight is 385 g/mol. The fourth-order valence-corrected chi connectivity index (χ4v) is 2.74. The zero-order chi connectivity index (χ0) is 20.3. The van der Waals surface area contributed by atoms with Crippen molar-refractivity contribution in [3.8, 4) is 11.1 Å². The Bertz CT molecular complexity index is 1030. The minimum atomic E-state index is -4.45. The molecule has 0 bridgehead atoms. The van der Waals surface area contributed by atoms with Gasteiger partial charge in [-0.1, -0.05) is 42.5 Å². The maximum atomic E-state index is 12.8. The number of hydrogen-bond donors (Lipinski definition) is 2. The molecule has 1 amide bonds. The summed E-state index contributed by atoms with van der Waals surface area (Å²) >= 11 is 0. The normalized spacial score (nSPS) is 11.1. The lowest BCUT2D eigenvalue weighted by Crippen LogP contribution is -2.15. The number of rotatable bonds is 4. The number of nitrogens with one attached hydrogen (secondary N) is 1. The number of para-hydroxylation sites is 1. The molecule has 7 heteroatoms. The van der Waals surface area contributed by atoms with Gasteiger partial charge in [-0.2, -0.15) is 13.2 Å². The van der Waals surface area contributed by atoms with Gasteiger partial charge < -0.3 is 10.4 Å². The first-order chi connectivity index (χ1) is 13.3. The lowest BCUT2D eigenvalue weighted by molar-refractivity contribution is -0.137. The summed E-state index contributed by atoms with van der Waals surface area (Å²) in [5.41, 5.74) is 0.355. The van der Waals surface area contributed by atoms with Crippen molar-refractivity contribution in [2.24, 2.45) is 0 Å². The van der Waals surface area contributed by atoms with E-state index in [1.54, 1.807) is 24.3 Å². The summed E-state index contributed by atoms with van der Waals surface area (Å²) in [4.78, 5) is 24.0. The van der Waals surface area contributed by atoms with Gasteiger partial charge in [0.25, 0.3) is 5.91 Å². The second kappa shape index (κ2) is 7.56. The molecule has 0 atom stereocenters. The minimum Gasteiger partial charge on any atom is -0.478 e. The second-order valence-electron chi connectivity index (χ2n) is 5.93. The van der Waals surface area contributed by atoms with Crippen molar-refractivity contribution in [1.82, 2.24) is 0 Å². The van der Waals surface area contributed by atoms with E-state index in [9.17, 15) is 27.9 Å². The number of carboxylic acids is 1. The highest BCUT2D eigenvalue weighted by atomic mass is 19.4. The van der Waals surface area contributed by atoms with Crippen LogP contribution in [0.1, 0.15) is 26.3 Å². The van der Waals surface area contributed by atoms with Crippen LogP contribution in [-0.2, 0) is 6.18 Å². The van der Waals surface area contributed by atoms with E-state index in [4.69, 9.17) is 0 Å². The average Bonchev–Trinajstić information content (AvgIpc) is 2.67. The quantitative estimate of drug-likeness (QED) is 0.639. The van der Waals surface area contributed by atoms with Crippen LogP contribution in [0.25, 0.3) is 11.1 Å². The summed E-state index contributed by atoms with van der Waals surface area (Å²) in [5.74, 6) is -1.75. The van der Waals surface area contributed by atoms with Crippen LogP contribution in [0.4, 0.5) is 18.9 Å². The van der Waals surface area contributed by atoms with Crippen molar-refractivity contribution in [2.75, 3.05) is 5.32 Å². The van der Waals surface area contributed by atoms with Crippen LogP contribution in [0.5, 0.6) is 0 Å². The SMILES string of the molecule is O=C(O)c1ccccc1NC(=O)c1ccccc1-c1ccc(C(F)(F)F)cc1. The van der Waals surface area contributed by atoms with Crippen LogP contribution in [0.2, 0.25) is 0 Å². The fraction of sp³-hybridized carbons (Fsp3) is 0.0476. The molecule has 0 spiro atoms. The van der Waals surface area contributed by atoms with E-state index in [1.165, 1.54) is 36.4 Å². The molecule has 3 aromatic rings. The van der Waals surface area contributed by atoms with Crippen LogP contribution in [0.15, 0.2) is 72.8 Å². The molecule has 0 aromatic heterocycles. The van der Waals surface area contributed by atoms with Crippen LogP contribution < -0.4 is 5.32 Å². The maximum absolute atomic E-state index is 12.8. The van der Waals surface area contributed by atoms with Crippen molar-refractivity contribution < 1.29 is 27.9 Å². The van der Waals surface area contributed by atoms with Gasteiger partial charge in [-0.15, -0.1) is 0 Å². The molecule has 0 aliphatic heterocycles. The smallest absolute Gasteiger partial charge is 0.416 e. The Labute approximate surface area is 158 Å². The Morgan fingerprint density at radius 1 is 0.786 bits per heavy atom. The molecule has 28 heavy (non-hydrogen) atoms. The molecule has 0 fully saturated rings. The van der Waals surface area contributed by atoms with Gasteiger partial charge in [0.2, 0.25) is 0 Å². The Balaban J connectivity index is 1.95. The van der Waals surface area contributed by atoms with Crippen molar-refractivity contribution in [3.63, 3.8) is 0 Å². The predicted molar refractivity (Wildman–Crippen MR) is 98.2 cm³/mol. The predicted octanol–water partition coefficient (Wildman–Crippen LogP) is 5.32. The summed E-state index contributed by atoms with van der Waals surface area (Å²) in [6.07, 6.45) is -4.45. The monoisotopic (exact) mass is 385 g/mol. The van der Waals surface area contributed by atoms with Gasteiger partial charge >= 0.3 is 12.1 Å². The summed E-state index contributed by atoms with van der Waals surface area (Å²) in [7, 11) is 0. The Morgan fingerprint density at radius 2 is 1.36 bits per heavy atom. The standard InChI is InChI=1S/C21H14F3NO3/c22-21(23,24)14-11-9-13(10-12-14)15-5-1-2-6-16(15)19(26)25-18-8-4-3-7-17(18)20(27)28/h1-12H,(H,25,26)(H,27,28). The van der Waals surface area contributed by atoms with Crippen molar-refractivity contribution >= 4 is 17.6 Å². The molecule has 3 rings (SSSR count). The minimum absolute atomic E-state index is 0.0668. The van der Waals surface area contributed by atoms with Crippen molar-refractivity contribution in [1.29, 1.82) is 0 Å². The molecule has 3 aromatic carbocycles. The van der Waals surface area contributed by atoms with Crippen molar-refractivity contribution in [2.45, 2.75) is 6.18 Å². The Morgan fingerprint density at radius 3 is 1.96 bits per heavy atom. The van der Waals surface area contributed by atoms with E-state index >= 15 is 0 Å². The molecule has 4 nitrogen and oxygen atoms in total. The van der Waals surface area contributed by atoms with Crippen LogP contribution in [-0.4, -0.2) is 17.0 Å². The van der Waals surface area contributed by atoms with Gasteiger partial charge in [0.05, 0.1) is 16.8 Å². The first-order valence-corrected chi connectivity index (χ1v) is 8.17. The highest BCUT2D eigenvalue weighted by molar-refractivity contribution is 6.11. The molecule has 0 radical (unpaired) electrons. The third-order valence-corrected chi connectivity index (χ3v) is 4.10. The molecule has 142 valence electrons. The third-order valence-electron chi connectivity index (χ3n) is 4.10. The number of halogens is 3. The molecule has 0 saturated carbocycles. The molecule has 0 unspecified atom stereocenters. The second-order valence-corrected chi connectivity index (χ2v) is 5.93. The summed E-state index contributed by atoms with van der Waals surface area (Å²) < 4.78 is 38.3. The molecule has 2 N–H and O–H groups in total. The van der Waals surface area contributed by atoms with E-state index in [0.717, 1.165) is 12.1 Å². The number of hydrogen-bond acceptors (Lipinski definition) is 2. The third kappa shape index (κ3) is 4.03. The van der Waals surface area contributed by atoms with Gasteiger partial charge in [-0.05, 0) is 41.5 Å². The van der Waals surface area contributed by atoms with Crippen LogP contribution in [0.3, 0.4) is 0 Å². The lowest BCUT2D eigenvalue weighted by Gasteiger charge is -2.13. The van der Waals surface area contributed by atoms with E-state index in [2.05, 4.69) is 5.32 Å². The lowest BCUT2D eigenvalue weighted by atomic mass is 9.98. The number of carboxylic acid groups (broad SMARTS) is 1. The van der Waals surface area contributed by atoms with Gasteiger partial charge in [0, 0.05) is 5.56 Å². The number of amides is 1. The first-order valence-electron chi connectivity index (χ1n) is 8.17. The molecular weight excluding hydrogens is 371 g/mol. The number of benzene rings is 3. The summed E-state index contributed by atoms with van der Waals surface area (Å²) in [5, 5.41) is 11.8.